The molecule has 0 aromatic rings. The second-order valence-corrected chi connectivity index (χ2v) is 30.6. The summed E-state index contributed by atoms with van der Waals surface area (Å²) in [5, 5.41) is 0. The Morgan fingerprint density at radius 2 is 0.594 bits per heavy atom. The predicted molar refractivity (Wildman–Crippen MR) is 418 cm³/mol. The summed E-state index contributed by atoms with van der Waals surface area (Å²) < 4.78 is 34.8. The van der Waals surface area contributed by atoms with Crippen LogP contribution in [-0.2, 0) is 32.7 Å². The first-order valence-corrected chi connectivity index (χ1v) is 42.8. The highest BCUT2D eigenvalue weighted by Gasteiger charge is 2.27. The van der Waals surface area contributed by atoms with Crippen LogP contribution in [0.3, 0.4) is 0 Å². The molecule has 10 heteroatoms. The van der Waals surface area contributed by atoms with Crippen molar-refractivity contribution < 1.29 is 42.1 Å². The molecule has 0 amide bonds. The number of likely N-dealkylation sites (N-methyl/N-ethyl adjacent to an activating group) is 1. The monoisotopic (exact) mass is 1370 g/mol. The summed E-state index contributed by atoms with van der Waals surface area (Å²) >= 11 is 0. The van der Waals surface area contributed by atoms with Gasteiger partial charge in [-0.3, -0.25) is 18.6 Å². The molecule has 96 heavy (non-hydrogen) atoms. The van der Waals surface area contributed by atoms with Crippen molar-refractivity contribution in [3.8, 4) is 0 Å². The minimum absolute atomic E-state index is 0.0319. The van der Waals surface area contributed by atoms with E-state index in [1.165, 1.54) is 295 Å². The number of ether oxygens (including phenoxy) is 2. The van der Waals surface area contributed by atoms with Crippen molar-refractivity contribution in [1.82, 2.24) is 0 Å². The second kappa shape index (κ2) is 76.4. The molecule has 0 rings (SSSR count). The Balaban J connectivity index is 3.89. The van der Waals surface area contributed by atoms with Crippen LogP contribution in [0.5, 0.6) is 0 Å². The number of rotatable bonds is 77. The standard InChI is InChI=1S/C86H158NO8P/c1-6-8-10-12-14-16-18-20-22-24-26-28-30-32-34-36-38-39-40-41-42-43-44-45-46-47-49-50-52-54-56-58-60-62-64-66-68-70-72-74-76-78-85(88)92-82-84(83-94-96(90,91)93-81-80-87(3,4)5)95-86(89)79-77-75-73-71-69-67-65-63-61-59-57-55-53-51-48-37-35-33-31-29-27-25-23-21-19-17-15-13-11-9-7-2/h9,11,15,17-18,20-21,23-24,26-27,29,33,35,84H,6-8,10,12-14,16,19,22,25,28,30-32,34,36-83H2,1-5H3/p+1/b11-9-,17-15-,20-18-,23-21-,26-24-,29-27-,35-33-. The third-order valence-corrected chi connectivity index (χ3v) is 19.4. The van der Waals surface area contributed by atoms with Crippen molar-refractivity contribution in [2.45, 2.75) is 405 Å². The molecule has 0 fully saturated rings. The van der Waals surface area contributed by atoms with Crippen molar-refractivity contribution in [2.24, 2.45) is 0 Å². The van der Waals surface area contributed by atoms with Gasteiger partial charge in [-0.2, -0.15) is 0 Å². The van der Waals surface area contributed by atoms with E-state index in [9.17, 15) is 19.0 Å². The van der Waals surface area contributed by atoms with Crippen LogP contribution in [0.2, 0.25) is 0 Å². The Bertz CT molecular complexity index is 1900. The number of hydrogen-bond donors (Lipinski definition) is 1. The minimum Gasteiger partial charge on any atom is -0.462 e. The number of hydrogen-bond acceptors (Lipinski definition) is 7. The van der Waals surface area contributed by atoms with Gasteiger partial charge in [0, 0.05) is 12.8 Å². The number of esters is 2. The van der Waals surface area contributed by atoms with Crippen molar-refractivity contribution in [1.29, 1.82) is 0 Å². The summed E-state index contributed by atoms with van der Waals surface area (Å²) in [5.74, 6) is -0.780. The first kappa shape index (κ1) is 93.2. The molecule has 2 atom stereocenters. The summed E-state index contributed by atoms with van der Waals surface area (Å²) in [5.41, 5.74) is 0. The van der Waals surface area contributed by atoms with Crippen LogP contribution < -0.4 is 0 Å². The summed E-state index contributed by atoms with van der Waals surface area (Å²) in [6, 6.07) is 0. The van der Waals surface area contributed by atoms with E-state index in [1.54, 1.807) is 0 Å². The fraction of sp³-hybridized carbons (Fsp3) is 0.814. The lowest BCUT2D eigenvalue weighted by molar-refractivity contribution is -0.870. The molecule has 0 aliphatic rings. The van der Waals surface area contributed by atoms with Crippen LogP contribution in [0.25, 0.3) is 0 Å². The fourth-order valence-corrected chi connectivity index (χ4v) is 12.9. The van der Waals surface area contributed by atoms with Crippen molar-refractivity contribution in [3.05, 3.63) is 85.1 Å². The lowest BCUT2D eigenvalue weighted by Gasteiger charge is -2.24. The van der Waals surface area contributed by atoms with Gasteiger partial charge in [0.15, 0.2) is 6.10 Å². The molecular weight excluding hydrogens is 1210 g/mol. The lowest BCUT2D eigenvalue weighted by atomic mass is 10.0. The molecule has 0 aliphatic heterocycles. The van der Waals surface area contributed by atoms with E-state index >= 15 is 0 Å². The largest absolute Gasteiger partial charge is 0.472 e. The highest BCUT2D eigenvalue weighted by molar-refractivity contribution is 7.47. The van der Waals surface area contributed by atoms with Gasteiger partial charge in [0.2, 0.25) is 0 Å². The van der Waals surface area contributed by atoms with Gasteiger partial charge >= 0.3 is 19.8 Å². The summed E-state index contributed by atoms with van der Waals surface area (Å²) in [7, 11) is 1.49. The highest BCUT2D eigenvalue weighted by atomic mass is 31.2. The number of allylic oxidation sites excluding steroid dienone is 14. The number of phosphoric ester groups is 1. The van der Waals surface area contributed by atoms with Gasteiger partial charge in [-0.25, -0.2) is 4.57 Å². The first-order chi connectivity index (χ1) is 47.0. The van der Waals surface area contributed by atoms with E-state index in [2.05, 4.69) is 98.9 Å². The summed E-state index contributed by atoms with van der Waals surface area (Å²) in [6.45, 7) is 4.37. The van der Waals surface area contributed by atoms with Gasteiger partial charge in [0.1, 0.15) is 19.8 Å². The summed E-state index contributed by atoms with van der Waals surface area (Å²) in [4.78, 5) is 36.0. The van der Waals surface area contributed by atoms with E-state index in [0.717, 1.165) is 70.6 Å². The Hall–Kier alpha value is -2.81. The molecule has 0 spiro atoms. The van der Waals surface area contributed by atoms with Gasteiger partial charge < -0.3 is 18.9 Å². The van der Waals surface area contributed by atoms with E-state index in [1.807, 2.05) is 21.1 Å². The van der Waals surface area contributed by atoms with Gasteiger partial charge in [-0.05, 0) is 89.9 Å². The van der Waals surface area contributed by atoms with Crippen LogP contribution in [0, 0.1) is 0 Å². The topological polar surface area (TPSA) is 108 Å². The maximum Gasteiger partial charge on any atom is 0.472 e. The Morgan fingerprint density at radius 1 is 0.333 bits per heavy atom. The number of quaternary nitrogens is 1. The summed E-state index contributed by atoms with van der Waals surface area (Å²) in [6.07, 6.45) is 106. The molecule has 0 bridgehead atoms. The van der Waals surface area contributed by atoms with Crippen LogP contribution in [-0.4, -0.2) is 74.9 Å². The number of carbonyl (C=O) groups excluding carboxylic acids is 2. The van der Waals surface area contributed by atoms with E-state index in [4.69, 9.17) is 18.5 Å². The molecule has 0 aromatic carbocycles. The molecule has 1 N–H and O–H groups in total. The zero-order valence-corrected chi connectivity index (χ0v) is 65.0. The third kappa shape index (κ3) is 80.2. The minimum atomic E-state index is -4.40. The van der Waals surface area contributed by atoms with Gasteiger partial charge in [0.25, 0.3) is 0 Å². The smallest absolute Gasteiger partial charge is 0.462 e. The van der Waals surface area contributed by atoms with E-state index < -0.39 is 26.5 Å². The molecule has 0 aliphatic carbocycles. The zero-order valence-electron chi connectivity index (χ0n) is 64.1. The molecule has 0 radical (unpaired) electrons. The normalized spacial score (nSPS) is 13.4. The third-order valence-electron chi connectivity index (χ3n) is 18.4. The average molecular weight is 1370 g/mol. The predicted octanol–water partition coefficient (Wildman–Crippen LogP) is 27.6. The van der Waals surface area contributed by atoms with Gasteiger partial charge in [-0.1, -0.05) is 381 Å². The molecule has 0 heterocycles. The maximum atomic E-state index is 12.9. The molecule has 9 nitrogen and oxygen atoms in total. The zero-order chi connectivity index (χ0) is 69.7. The van der Waals surface area contributed by atoms with Gasteiger partial charge in [-0.15, -0.1) is 0 Å². The maximum absolute atomic E-state index is 12.9. The molecule has 0 aromatic heterocycles. The molecule has 560 valence electrons. The van der Waals surface area contributed by atoms with Crippen molar-refractivity contribution >= 4 is 19.8 Å². The SMILES string of the molecule is CC/C=C\C/C=C\C/C=C\C/C=C\C/C=C\CCCCCCCCCCCCCCCCCC(=O)OC(COC(=O)CCCCCCCCCCCCCCCCCCCCCCCCCCCCCCC/C=C\C/C=C\CCCCCCC)COP(=O)(O)OCC[N+](C)(C)C. The second-order valence-electron chi connectivity index (χ2n) is 29.1. The molecule has 2 unspecified atom stereocenters. The van der Waals surface area contributed by atoms with Crippen LogP contribution >= 0.6 is 7.82 Å². The van der Waals surface area contributed by atoms with Crippen LogP contribution in [0.4, 0.5) is 0 Å². The molecule has 0 saturated heterocycles. The first-order valence-electron chi connectivity index (χ1n) is 41.3. The average Bonchev–Trinajstić information content (AvgIpc) is 1.97. The Kier molecular flexibility index (Phi) is 74.1. The van der Waals surface area contributed by atoms with E-state index in [0.29, 0.717) is 23.9 Å². The number of phosphoric acid groups is 1. The number of carbonyl (C=O) groups is 2. The van der Waals surface area contributed by atoms with Crippen LogP contribution in [0.15, 0.2) is 85.1 Å². The fourth-order valence-electron chi connectivity index (χ4n) is 12.1. The lowest BCUT2D eigenvalue weighted by Crippen LogP contribution is -2.37. The molecule has 0 saturated carbocycles. The Morgan fingerprint density at radius 3 is 0.885 bits per heavy atom. The van der Waals surface area contributed by atoms with Crippen molar-refractivity contribution in [2.75, 3.05) is 47.5 Å². The van der Waals surface area contributed by atoms with E-state index in [-0.39, 0.29) is 25.6 Å². The van der Waals surface area contributed by atoms with Gasteiger partial charge in [0.05, 0.1) is 27.7 Å². The quantitative estimate of drug-likeness (QED) is 0.0211. The highest BCUT2D eigenvalue weighted by Crippen LogP contribution is 2.43. The number of unbranched alkanes of at least 4 members (excludes halogenated alkanes) is 49. The Labute approximate surface area is 596 Å². The van der Waals surface area contributed by atoms with Crippen LogP contribution in [0.1, 0.15) is 399 Å². The number of nitrogens with zero attached hydrogens (tertiary/aromatic N) is 1. The van der Waals surface area contributed by atoms with Crippen molar-refractivity contribution in [3.63, 3.8) is 0 Å². The molecular formula is C86H159NO8P+.